The average molecular weight is 567 g/mol. The molecule has 2 aliphatic carbocycles. The molecule has 0 spiro atoms. The molecule has 1 saturated carbocycles. The van der Waals surface area contributed by atoms with Gasteiger partial charge in [-0.1, -0.05) is 5.57 Å². The molecule has 6 rings (SSSR count). The first kappa shape index (κ1) is 25.8. The maximum Gasteiger partial charge on any atom is 0.267 e. The molecule has 0 aliphatic heterocycles. The second kappa shape index (κ2) is 9.30. The van der Waals surface area contributed by atoms with Crippen molar-refractivity contribution in [1.82, 2.24) is 29.5 Å². The minimum atomic E-state index is -3.80. The summed E-state index contributed by atoms with van der Waals surface area (Å²) in [6.45, 7) is 3.60. The predicted molar refractivity (Wildman–Crippen MR) is 144 cm³/mol. The second-order valence-corrected chi connectivity index (χ2v) is 13.9. The molecular formula is C27H27FN6O3S2. The van der Waals surface area contributed by atoms with Crippen molar-refractivity contribution in [3.05, 3.63) is 75.5 Å². The number of nitrogens with zero attached hydrogens (tertiary/aromatic N) is 6. The Labute approximate surface area is 229 Å². The van der Waals surface area contributed by atoms with Crippen LogP contribution in [-0.2, 0) is 23.3 Å². The lowest BCUT2D eigenvalue weighted by Crippen LogP contribution is -2.45. The van der Waals surface area contributed by atoms with Gasteiger partial charge in [-0.2, -0.15) is 5.10 Å². The number of halogens is 1. The molecule has 1 fully saturated rings. The number of carbonyl (C=O) groups is 1. The van der Waals surface area contributed by atoms with Crippen LogP contribution in [0.5, 0.6) is 0 Å². The normalized spacial score (nSPS) is 21.6. The van der Waals surface area contributed by atoms with Gasteiger partial charge in [-0.15, -0.1) is 16.4 Å². The zero-order valence-corrected chi connectivity index (χ0v) is 23.3. The van der Waals surface area contributed by atoms with E-state index in [1.54, 1.807) is 43.2 Å². The minimum Gasteiger partial charge on any atom is -0.290 e. The van der Waals surface area contributed by atoms with Crippen molar-refractivity contribution in [2.24, 2.45) is 18.4 Å². The number of allylic oxidation sites excluding steroid dienone is 1. The van der Waals surface area contributed by atoms with Gasteiger partial charge in [-0.25, -0.2) is 27.5 Å². The van der Waals surface area contributed by atoms with Gasteiger partial charge in [0.2, 0.25) is 15.6 Å². The van der Waals surface area contributed by atoms with E-state index in [-0.39, 0.29) is 22.7 Å². The first-order valence-corrected chi connectivity index (χ1v) is 15.1. The highest BCUT2D eigenvalue weighted by Gasteiger charge is 2.52. The van der Waals surface area contributed by atoms with Crippen molar-refractivity contribution in [2.75, 3.05) is 0 Å². The molecule has 3 heterocycles. The molecule has 12 heteroatoms. The van der Waals surface area contributed by atoms with Crippen molar-refractivity contribution in [1.29, 1.82) is 0 Å². The fraction of sp³-hybridized carbons (Fsp3) is 0.370. The van der Waals surface area contributed by atoms with E-state index in [0.29, 0.717) is 30.7 Å². The van der Waals surface area contributed by atoms with Crippen LogP contribution in [-0.4, -0.2) is 49.0 Å². The lowest BCUT2D eigenvalue weighted by Gasteiger charge is -2.44. The van der Waals surface area contributed by atoms with Crippen LogP contribution in [0.25, 0.3) is 11.8 Å². The SMILES string of the molecule is Cc1cnc(C(=O)[C@]23Cc4cnn(-c5ccc(F)cc5)c4C=C2CC[C@H]([C@@H](C)S(=O)(=O)c2ncn(C)n2)C3)s1. The molecule has 4 aromatic rings. The summed E-state index contributed by atoms with van der Waals surface area (Å²) in [6.07, 6.45) is 8.74. The van der Waals surface area contributed by atoms with Crippen LogP contribution < -0.4 is 0 Å². The van der Waals surface area contributed by atoms with Gasteiger partial charge in [0, 0.05) is 18.1 Å². The number of aromatic nitrogens is 6. The number of hydrogen-bond donors (Lipinski definition) is 0. The smallest absolute Gasteiger partial charge is 0.267 e. The van der Waals surface area contributed by atoms with Gasteiger partial charge < -0.3 is 0 Å². The lowest BCUT2D eigenvalue weighted by atomic mass is 9.59. The molecule has 0 N–H and O–H groups in total. The quantitative estimate of drug-likeness (QED) is 0.319. The van der Waals surface area contributed by atoms with Crippen LogP contribution in [0.4, 0.5) is 4.39 Å². The Bertz CT molecular complexity index is 1720. The summed E-state index contributed by atoms with van der Waals surface area (Å²) in [5, 5.41) is 8.08. The van der Waals surface area contributed by atoms with Gasteiger partial charge in [-0.05, 0) is 81.4 Å². The average Bonchev–Trinajstić information content (AvgIpc) is 3.66. The zero-order chi connectivity index (χ0) is 27.5. The van der Waals surface area contributed by atoms with Crippen LogP contribution in [0.2, 0.25) is 0 Å². The lowest BCUT2D eigenvalue weighted by molar-refractivity contribution is 0.0759. The minimum absolute atomic E-state index is 0.0858. The van der Waals surface area contributed by atoms with E-state index in [0.717, 1.165) is 27.4 Å². The van der Waals surface area contributed by atoms with Gasteiger partial charge in [0.05, 0.1) is 28.2 Å². The molecule has 3 atom stereocenters. The summed E-state index contributed by atoms with van der Waals surface area (Å²) in [5.74, 6) is -0.697. The van der Waals surface area contributed by atoms with E-state index in [2.05, 4.69) is 20.2 Å². The number of rotatable bonds is 6. The molecule has 39 heavy (non-hydrogen) atoms. The molecule has 0 unspecified atom stereocenters. The standard InChI is InChI=1S/C27H27FN6O3S2/c1-16-13-29-25(38-16)24(35)27-11-18(17(2)39(36,37)26-30-15-33(3)32-26)4-5-20(27)10-23-19(12-27)14-31-34(23)22-8-6-21(28)7-9-22/h6-10,13-15,17-18H,4-5,11-12H2,1-3H3/t17-,18+,27-/m1/s1. The van der Waals surface area contributed by atoms with Crippen molar-refractivity contribution in [3.8, 4) is 5.69 Å². The summed E-state index contributed by atoms with van der Waals surface area (Å²) in [5.41, 5.74) is 2.48. The number of Topliss-reactive ketones (excluding diaryl/α,β-unsaturated/α-hetero) is 1. The highest BCUT2D eigenvalue weighted by Crippen LogP contribution is 2.53. The van der Waals surface area contributed by atoms with Crippen LogP contribution >= 0.6 is 11.3 Å². The molecule has 2 aliphatic rings. The van der Waals surface area contributed by atoms with Gasteiger partial charge >= 0.3 is 0 Å². The molecular weight excluding hydrogens is 539 g/mol. The van der Waals surface area contributed by atoms with E-state index < -0.39 is 20.5 Å². The number of fused-ring (bicyclic) bond motifs is 2. The Morgan fingerprint density at radius 2 is 1.97 bits per heavy atom. The number of aryl methyl sites for hydroxylation is 2. The van der Waals surface area contributed by atoms with E-state index in [9.17, 15) is 17.6 Å². The second-order valence-electron chi connectivity index (χ2n) is 10.4. The third-order valence-corrected chi connectivity index (χ3v) is 11.0. The number of hydrogen-bond acceptors (Lipinski definition) is 8. The van der Waals surface area contributed by atoms with E-state index in [4.69, 9.17) is 0 Å². The predicted octanol–water partition coefficient (Wildman–Crippen LogP) is 4.38. The Kier molecular flexibility index (Phi) is 6.14. The highest BCUT2D eigenvalue weighted by atomic mass is 32.2. The van der Waals surface area contributed by atoms with Crippen LogP contribution in [0, 0.1) is 24.1 Å². The molecule has 0 bridgehead atoms. The third-order valence-electron chi connectivity index (χ3n) is 8.01. The number of carbonyl (C=O) groups excluding carboxylic acids is 1. The Hall–Kier alpha value is -3.51. The van der Waals surface area contributed by atoms with E-state index >= 15 is 0 Å². The summed E-state index contributed by atoms with van der Waals surface area (Å²) in [7, 11) is -2.17. The van der Waals surface area contributed by atoms with Crippen molar-refractivity contribution in [3.63, 3.8) is 0 Å². The summed E-state index contributed by atoms with van der Waals surface area (Å²) in [4.78, 5) is 23.6. The molecule has 1 aromatic carbocycles. The Balaban J connectivity index is 1.41. The van der Waals surface area contributed by atoms with Gasteiger partial charge in [-0.3, -0.25) is 9.48 Å². The number of thiazole rings is 1. The maximum absolute atomic E-state index is 14.2. The number of ketones is 1. The highest BCUT2D eigenvalue weighted by molar-refractivity contribution is 7.91. The molecule has 3 aromatic heterocycles. The first-order valence-electron chi connectivity index (χ1n) is 12.7. The topological polar surface area (TPSA) is 113 Å². The van der Waals surface area contributed by atoms with Crippen LogP contribution in [0.1, 0.15) is 52.1 Å². The first-order chi connectivity index (χ1) is 18.6. The monoisotopic (exact) mass is 566 g/mol. The molecule has 0 radical (unpaired) electrons. The Morgan fingerprint density at radius 1 is 1.21 bits per heavy atom. The van der Waals surface area contributed by atoms with E-state index in [1.807, 2.05) is 13.0 Å². The molecule has 9 nitrogen and oxygen atoms in total. The fourth-order valence-corrected chi connectivity index (χ4v) is 8.18. The van der Waals surface area contributed by atoms with Crippen molar-refractivity contribution >= 4 is 33.0 Å². The van der Waals surface area contributed by atoms with Crippen LogP contribution in [0.3, 0.4) is 0 Å². The third kappa shape index (κ3) is 4.26. The van der Waals surface area contributed by atoms with Crippen LogP contribution in [0.15, 0.2) is 53.7 Å². The largest absolute Gasteiger partial charge is 0.290 e. The summed E-state index contributed by atoms with van der Waals surface area (Å²) < 4.78 is 43.6. The maximum atomic E-state index is 14.2. The zero-order valence-electron chi connectivity index (χ0n) is 21.7. The summed E-state index contributed by atoms with van der Waals surface area (Å²) in [6, 6.07) is 6.12. The van der Waals surface area contributed by atoms with Gasteiger partial charge in [0.25, 0.3) is 5.16 Å². The van der Waals surface area contributed by atoms with E-state index in [1.165, 1.54) is 34.5 Å². The number of benzene rings is 1. The summed E-state index contributed by atoms with van der Waals surface area (Å²) >= 11 is 1.35. The fourth-order valence-electron chi connectivity index (χ4n) is 5.87. The van der Waals surface area contributed by atoms with Crippen molar-refractivity contribution in [2.45, 2.75) is 49.9 Å². The van der Waals surface area contributed by atoms with Gasteiger partial charge in [0.15, 0.2) is 5.01 Å². The number of sulfone groups is 1. The molecule has 202 valence electrons. The Morgan fingerprint density at radius 3 is 2.64 bits per heavy atom. The molecule has 0 saturated heterocycles. The van der Waals surface area contributed by atoms with Gasteiger partial charge in [0.1, 0.15) is 12.1 Å². The molecule has 0 amide bonds. The van der Waals surface area contributed by atoms with Crippen molar-refractivity contribution < 1.29 is 17.6 Å².